The highest BCUT2D eigenvalue weighted by Gasteiger charge is 2.20. The van der Waals surface area contributed by atoms with E-state index in [1.165, 1.54) is 0 Å². The predicted molar refractivity (Wildman–Crippen MR) is 114 cm³/mol. The van der Waals surface area contributed by atoms with Crippen LogP contribution in [0.4, 0.5) is 8.78 Å². The van der Waals surface area contributed by atoms with Crippen LogP contribution in [0.15, 0.2) is 46.7 Å². The Morgan fingerprint density at radius 3 is 2.71 bits per heavy atom. The Labute approximate surface area is 177 Å². The summed E-state index contributed by atoms with van der Waals surface area (Å²) in [5.41, 5.74) is 3.55. The molecule has 4 rings (SSSR count). The van der Waals surface area contributed by atoms with Crippen LogP contribution in [0.5, 0.6) is 5.75 Å². The molecule has 9 heteroatoms. The van der Waals surface area contributed by atoms with Crippen molar-refractivity contribution >= 4 is 28.2 Å². The number of aromatic amines is 1. The van der Waals surface area contributed by atoms with Gasteiger partial charge in [-0.3, -0.25) is 9.89 Å². The van der Waals surface area contributed by atoms with Crippen LogP contribution in [0.1, 0.15) is 31.4 Å². The molecule has 3 aromatic rings. The summed E-state index contributed by atoms with van der Waals surface area (Å²) in [6, 6.07) is 8.13. The highest BCUT2D eigenvalue weighted by Crippen LogP contribution is 2.26. The number of carbonyl (C=O) groups is 1. The third-order valence-corrected chi connectivity index (χ3v) is 4.73. The number of ether oxygens (including phenoxy) is 1. The molecule has 31 heavy (non-hydrogen) atoms. The number of aromatic nitrogens is 2. The summed E-state index contributed by atoms with van der Waals surface area (Å²) < 4.78 is 33.9. The van der Waals surface area contributed by atoms with Gasteiger partial charge in [0, 0.05) is 29.8 Å². The quantitative estimate of drug-likeness (QED) is 0.607. The highest BCUT2D eigenvalue weighted by molar-refractivity contribution is 6.15. The summed E-state index contributed by atoms with van der Waals surface area (Å²) in [5, 5.41) is 18.8. The molecule has 2 heterocycles. The van der Waals surface area contributed by atoms with E-state index in [4.69, 9.17) is 4.74 Å². The second-order valence-electron chi connectivity index (χ2n) is 7.64. The minimum Gasteiger partial charge on any atom is -0.478 e. The molecule has 0 unspecified atom stereocenters. The normalized spacial score (nSPS) is 13.5. The Morgan fingerprint density at radius 2 is 1.97 bits per heavy atom. The molecule has 0 bridgehead atoms. The lowest BCUT2D eigenvalue weighted by Crippen LogP contribution is -2.34. The summed E-state index contributed by atoms with van der Waals surface area (Å²) in [6.07, 6.45) is 2.71. The summed E-state index contributed by atoms with van der Waals surface area (Å²) in [4.78, 5) is 11.6. The van der Waals surface area contributed by atoms with E-state index in [0.717, 1.165) is 34.3 Å². The minimum absolute atomic E-state index is 0.0932. The van der Waals surface area contributed by atoms with Crippen LogP contribution in [-0.4, -0.2) is 40.2 Å². The van der Waals surface area contributed by atoms with Crippen molar-refractivity contribution in [2.45, 2.75) is 32.7 Å². The van der Waals surface area contributed by atoms with E-state index in [-0.39, 0.29) is 11.6 Å². The topological polar surface area (TPSA) is 91.7 Å². The molecule has 1 aromatic heterocycles. The van der Waals surface area contributed by atoms with Crippen molar-refractivity contribution in [1.29, 1.82) is 0 Å². The van der Waals surface area contributed by atoms with Gasteiger partial charge in [0.2, 0.25) is 0 Å². The van der Waals surface area contributed by atoms with Crippen LogP contribution in [0.25, 0.3) is 10.9 Å². The standard InChI is InChI=1S/C22H21F2N5O2/c1-12(2)26-21(30)11-31-22-17(23)7-14(8-18(22)24)20-9-16(27-29-20)6-13-3-4-19-15(5-13)10-25-28-19/h3-5,7-8,10,12H,6,9,11H2,1-2H3,(H,25,28)(H,26,30). The SMILES string of the molecule is CC(C)NC(=O)COc1c(F)cc(C2=NN=C(Cc3ccc4[nH]ncc4c3)C2)cc1F. The van der Waals surface area contributed by atoms with Crippen molar-refractivity contribution < 1.29 is 18.3 Å². The highest BCUT2D eigenvalue weighted by atomic mass is 19.1. The zero-order chi connectivity index (χ0) is 22.0. The lowest BCUT2D eigenvalue weighted by atomic mass is 10.00. The van der Waals surface area contributed by atoms with Gasteiger partial charge in [-0.25, -0.2) is 8.78 Å². The number of hydrogen-bond acceptors (Lipinski definition) is 5. The smallest absolute Gasteiger partial charge is 0.258 e. The largest absolute Gasteiger partial charge is 0.478 e. The summed E-state index contributed by atoms with van der Waals surface area (Å²) in [5.74, 6) is -2.83. The molecule has 0 saturated carbocycles. The Bertz CT molecular complexity index is 1180. The number of hydrogen-bond donors (Lipinski definition) is 2. The number of nitrogens with zero attached hydrogens (tertiary/aromatic N) is 3. The van der Waals surface area contributed by atoms with Gasteiger partial charge in [-0.1, -0.05) is 6.07 Å². The van der Waals surface area contributed by atoms with E-state index in [0.29, 0.717) is 18.6 Å². The van der Waals surface area contributed by atoms with E-state index >= 15 is 0 Å². The molecule has 0 atom stereocenters. The fourth-order valence-electron chi connectivity index (χ4n) is 3.36. The van der Waals surface area contributed by atoms with Crippen LogP contribution in [0.2, 0.25) is 0 Å². The van der Waals surface area contributed by atoms with Gasteiger partial charge in [0.15, 0.2) is 24.0 Å². The number of halogens is 2. The van der Waals surface area contributed by atoms with Crippen molar-refractivity contribution in [2.75, 3.05) is 6.61 Å². The van der Waals surface area contributed by atoms with Crippen LogP contribution in [0.3, 0.4) is 0 Å². The zero-order valence-corrected chi connectivity index (χ0v) is 17.1. The number of fused-ring (bicyclic) bond motifs is 1. The first-order valence-corrected chi connectivity index (χ1v) is 9.85. The van der Waals surface area contributed by atoms with Crippen molar-refractivity contribution in [2.24, 2.45) is 10.2 Å². The first kappa shape index (κ1) is 20.6. The monoisotopic (exact) mass is 425 g/mol. The molecule has 0 aliphatic carbocycles. The maximum atomic E-state index is 14.4. The molecular formula is C22H21F2N5O2. The second-order valence-corrected chi connectivity index (χ2v) is 7.64. The molecule has 2 aromatic carbocycles. The zero-order valence-electron chi connectivity index (χ0n) is 17.1. The average Bonchev–Trinajstić information content (AvgIpc) is 3.35. The fourth-order valence-corrected chi connectivity index (χ4v) is 3.36. The van der Waals surface area contributed by atoms with Crippen LogP contribution >= 0.6 is 0 Å². The van der Waals surface area contributed by atoms with E-state index in [2.05, 4.69) is 25.7 Å². The first-order valence-electron chi connectivity index (χ1n) is 9.85. The van der Waals surface area contributed by atoms with Gasteiger partial charge in [0.25, 0.3) is 5.91 Å². The van der Waals surface area contributed by atoms with Gasteiger partial charge < -0.3 is 10.1 Å². The number of rotatable bonds is 7. The molecular weight excluding hydrogens is 404 g/mol. The first-order chi connectivity index (χ1) is 14.9. The van der Waals surface area contributed by atoms with Crippen molar-refractivity contribution in [3.8, 4) is 5.75 Å². The summed E-state index contributed by atoms with van der Waals surface area (Å²) in [6.45, 7) is 3.09. The van der Waals surface area contributed by atoms with Gasteiger partial charge in [0.05, 0.1) is 23.1 Å². The Hall–Kier alpha value is -3.62. The third kappa shape index (κ3) is 4.76. The predicted octanol–water partition coefficient (Wildman–Crippen LogP) is 3.54. The molecule has 7 nitrogen and oxygen atoms in total. The van der Waals surface area contributed by atoms with E-state index in [9.17, 15) is 13.6 Å². The second kappa shape index (κ2) is 8.63. The maximum Gasteiger partial charge on any atom is 0.258 e. The molecule has 1 aliphatic heterocycles. The van der Waals surface area contributed by atoms with Crippen molar-refractivity contribution in [1.82, 2.24) is 15.5 Å². The minimum atomic E-state index is -0.895. The number of amides is 1. The van der Waals surface area contributed by atoms with Crippen molar-refractivity contribution in [3.05, 3.63) is 59.3 Å². The lowest BCUT2D eigenvalue weighted by molar-refractivity contribution is -0.123. The van der Waals surface area contributed by atoms with E-state index < -0.39 is 29.9 Å². The van der Waals surface area contributed by atoms with Crippen molar-refractivity contribution in [3.63, 3.8) is 0 Å². The van der Waals surface area contributed by atoms with Gasteiger partial charge in [-0.05, 0) is 43.7 Å². The number of nitrogens with one attached hydrogen (secondary N) is 2. The van der Waals surface area contributed by atoms with E-state index in [1.54, 1.807) is 20.0 Å². The number of benzene rings is 2. The Kier molecular flexibility index (Phi) is 5.75. The molecule has 1 amide bonds. The summed E-state index contributed by atoms with van der Waals surface area (Å²) in [7, 11) is 0. The molecule has 0 saturated heterocycles. The molecule has 0 spiro atoms. The molecule has 160 valence electrons. The Balaban J connectivity index is 1.40. The fraction of sp³-hybridized carbons (Fsp3) is 0.273. The Morgan fingerprint density at radius 1 is 1.19 bits per heavy atom. The van der Waals surface area contributed by atoms with Crippen LogP contribution < -0.4 is 10.1 Å². The van der Waals surface area contributed by atoms with Crippen LogP contribution in [-0.2, 0) is 11.2 Å². The molecule has 1 aliphatic rings. The number of H-pyrrole nitrogens is 1. The maximum absolute atomic E-state index is 14.4. The molecule has 0 radical (unpaired) electrons. The lowest BCUT2D eigenvalue weighted by Gasteiger charge is -2.12. The van der Waals surface area contributed by atoms with Gasteiger partial charge in [-0.15, -0.1) is 0 Å². The number of carbonyl (C=O) groups excluding carboxylic acids is 1. The van der Waals surface area contributed by atoms with Crippen LogP contribution in [0, 0.1) is 11.6 Å². The average molecular weight is 425 g/mol. The third-order valence-electron chi connectivity index (χ3n) is 4.73. The summed E-state index contributed by atoms with van der Waals surface area (Å²) >= 11 is 0. The molecule has 2 N–H and O–H groups in total. The van der Waals surface area contributed by atoms with Gasteiger partial charge in [0.1, 0.15) is 0 Å². The van der Waals surface area contributed by atoms with E-state index in [1.807, 2.05) is 18.2 Å². The van der Waals surface area contributed by atoms with Gasteiger partial charge >= 0.3 is 0 Å². The molecule has 0 fully saturated rings. The van der Waals surface area contributed by atoms with Gasteiger partial charge in [-0.2, -0.15) is 15.3 Å².